The van der Waals surface area contributed by atoms with Crippen molar-refractivity contribution in [1.82, 2.24) is 15.0 Å². The Labute approximate surface area is 84.5 Å². The highest BCUT2D eigenvalue weighted by Crippen LogP contribution is 2.33. The lowest BCUT2D eigenvalue weighted by Gasteiger charge is -2.14. The number of rotatable bonds is 5. The molecule has 1 atom stereocenters. The highest BCUT2D eigenvalue weighted by molar-refractivity contribution is 4.95. The quantitative estimate of drug-likeness (QED) is 0.533. The fourth-order valence-electron chi connectivity index (χ4n) is 1.78. The second kappa shape index (κ2) is 4.11. The molecule has 1 aliphatic carbocycles. The molecule has 0 bridgehead atoms. The number of aromatic nitrogens is 2. The lowest BCUT2D eigenvalue weighted by molar-refractivity contribution is 0.453. The third kappa shape index (κ3) is 2.33. The normalized spacial score (nSPS) is 18.4. The Bertz CT molecular complexity index is 290. The summed E-state index contributed by atoms with van der Waals surface area (Å²) in [5.41, 5.74) is 2.89. The molecule has 1 unspecified atom stereocenters. The molecule has 78 valence electrons. The summed E-state index contributed by atoms with van der Waals surface area (Å²) in [5.74, 6) is 7.53. The number of aryl methyl sites for hydroxylation is 1. The van der Waals surface area contributed by atoms with Crippen molar-refractivity contribution in [2.24, 2.45) is 18.8 Å². The Hall–Kier alpha value is -0.870. The first-order valence-corrected chi connectivity index (χ1v) is 5.22. The molecular formula is C10H18N4. The van der Waals surface area contributed by atoms with Gasteiger partial charge in [0.05, 0.1) is 0 Å². The van der Waals surface area contributed by atoms with E-state index in [0.29, 0.717) is 6.04 Å². The summed E-state index contributed by atoms with van der Waals surface area (Å²) in [5, 5.41) is 0. The minimum absolute atomic E-state index is 0.378. The maximum atomic E-state index is 5.53. The first kappa shape index (κ1) is 9.68. The molecule has 0 aliphatic heterocycles. The fraction of sp³-hybridized carbons (Fsp3) is 0.700. The van der Waals surface area contributed by atoms with E-state index < -0.39 is 0 Å². The summed E-state index contributed by atoms with van der Waals surface area (Å²) in [7, 11) is 2.02. The summed E-state index contributed by atoms with van der Waals surface area (Å²) in [4.78, 5) is 4.30. The van der Waals surface area contributed by atoms with E-state index in [4.69, 9.17) is 5.84 Å². The van der Waals surface area contributed by atoms with Gasteiger partial charge in [-0.05, 0) is 12.3 Å². The number of hydrogen-bond donors (Lipinski definition) is 2. The molecule has 1 aromatic rings. The third-order valence-corrected chi connectivity index (χ3v) is 2.90. The predicted molar refractivity (Wildman–Crippen MR) is 55.4 cm³/mol. The van der Waals surface area contributed by atoms with Gasteiger partial charge in [0.2, 0.25) is 0 Å². The summed E-state index contributed by atoms with van der Waals surface area (Å²) in [6.45, 7) is 0. The molecule has 1 aromatic heterocycles. The lowest BCUT2D eigenvalue weighted by Crippen LogP contribution is -2.37. The lowest BCUT2D eigenvalue weighted by atomic mass is 10.1. The minimum atomic E-state index is 0.378. The van der Waals surface area contributed by atoms with Gasteiger partial charge in [0.1, 0.15) is 5.82 Å². The van der Waals surface area contributed by atoms with Crippen molar-refractivity contribution in [2.45, 2.75) is 31.7 Å². The van der Waals surface area contributed by atoms with Gasteiger partial charge in [0.15, 0.2) is 0 Å². The van der Waals surface area contributed by atoms with E-state index in [0.717, 1.165) is 18.2 Å². The van der Waals surface area contributed by atoms with Crippen LogP contribution in [0.25, 0.3) is 0 Å². The van der Waals surface area contributed by atoms with Crippen molar-refractivity contribution in [3.63, 3.8) is 0 Å². The van der Waals surface area contributed by atoms with Crippen molar-refractivity contribution in [1.29, 1.82) is 0 Å². The second-order valence-corrected chi connectivity index (χ2v) is 4.20. The zero-order valence-corrected chi connectivity index (χ0v) is 8.61. The maximum absolute atomic E-state index is 5.53. The topological polar surface area (TPSA) is 55.9 Å². The average Bonchev–Trinajstić information content (AvgIpc) is 2.90. The van der Waals surface area contributed by atoms with E-state index in [-0.39, 0.29) is 0 Å². The molecule has 3 N–H and O–H groups in total. The molecule has 2 rings (SSSR count). The van der Waals surface area contributed by atoms with Gasteiger partial charge in [-0.25, -0.2) is 4.98 Å². The molecule has 1 aliphatic rings. The Morgan fingerprint density at radius 3 is 3.00 bits per heavy atom. The average molecular weight is 194 g/mol. The molecule has 0 saturated heterocycles. The Kier molecular flexibility index (Phi) is 2.84. The molecule has 0 spiro atoms. The first-order valence-electron chi connectivity index (χ1n) is 5.22. The molecule has 1 fully saturated rings. The standard InChI is InChI=1S/C10H18N4/c1-14-5-4-12-10(14)7-9(13-11)6-8-2-3-8/h4-5,8-9,13H,2-3,6-7,11H2,1H3. The van der Waals surface area contributed by atoms with E-state index in [9.17, 15) is 0 Å². The van der Waals surface area contributed by atoms with Crippen LogP contribution in [0.1, 0.15) is 25.1 Å². The van der Waals surface area contributed by atoms with Crippen LogP contribution in [-0.2, 0) is 13.5 Å². The summed E-state index contributed by atoms with van der Waals surface area (Å²) in [6.07, 6.45) is 8.66. The maximum Gasteiger partial charge on any atom is 0.109 e. The summed E-state index contributed by atoms with van der Waals surface area (Å²) in [6, 6.07) is 0.378. The van der Waals surface area contributed by atoms with Crippen LogP contribution in [0, 0.1) is 5.92 Å². The van der Waals surface area contributed by atoms with Crippen LogP contribution in [0.2, 0.25) is 0 Å². The van der Waals surface area contributed by atoms with E-state index in [2.05, 4.69) is 15.0 Å². The Morgan fingerprint density at radius 2 is 2.50 bits per heavy atom. The zero-order chi connectivity index (χ0) is 9.97. The highest BCUT2D eigenvalue weighted by Gasteiger charge is 2.25. The fourth-order valence-corrected chi connectivity index (χ4v) is 1.78. The number of imidazole rings is 1. The van der Waals surface area contributed by atoms with Gasteiger partial charge < -0.3 is 4.57 Å². The van der Waals surface area contributed by atoms with Crippen molar-refractivity contribution in [3.8, 4) is 0 Å². The molecule has 1 heterocycles. The molecule has 14 heavy (non-hydrogen) atoms. The number of nitrogens with zero attached hydrogens (tertiary/aromatic N) is 2. The summed E-state index contributed by atoms with van der Waals surface area (Å²) < 4.78 is 2.05. The summed E-state index contributed by atoms with van der Waals surface area (Å²) >= 11 is 0. The van der Waals surface area contributed by atoms with Crippen molar-refractivity contribution in [3.05, 3.63) is 18.2 Å². The number of nitrogens with two attached hydrogens (primary N) is 1. The smallest absolute Gasteiger partial charge is 0.109 e. The SMILES string of the molecule is Cn1ccnc1CC(CC1CC1)NN. The Balaban J connectivity index is 1.89. The molecular weight excluding hydrogens is 176 g/mol. The van der Waals surface area contributed by atoms with Crippen LogP contribution < -0.4 is 11.3 Å². The van der Waals surface area contributed by atoms with E-state index in [1.807, 2.05) is 19.4 Å². The molecule has 4 heteroatoms. The van der Waals surface area contributed by atoms with Gasteiger partial charge >= 0.3 is 0 Å². The Morgan fingerprint density at radius 1 is 1.71 bits per heavy atom. The molecule has 1 saturated carbocycles. The molecule has 0 radical (unpaired) electrons. The van der Waals surface area contributed by atoms with Gasteiger partial charge in [-0.2, -0.15) is 0 Å². The second-order valence-electron chi connectivity index (χ2n) is 4.20. The first-order chi connectivity index (χ1) is 6.79. The van der Waals surface area contributed by atoms with Crippen LogP contribution in [0.5, 0.6) is 0 Å². The highest BCUT2D eigenvalue weighted by atomic mass is 15.2. The van der Waals surface area contributed by atoms with Gasteiger partial charge in [-0.1, -0.05) is 12.8 Å². The van der Waals surface area contributed by atoms with Crippen LogP contribution in [0.15, 0.2) is 12.4 Å². The van der Waals surface area contributed by atoms with Crippen molar-refractivity contribution < 1.29 is 0 Å². The number of nitrogens with one attached hydrogen (secondary N) is 1. The van der Waals surface area contributed by atoms with Crippen LogP contribution in [0.3, 0.4) is 0 Å². The molecule has 0 aromatic carbocycles. The zero-order valence-electron chi connectivity index (χ0n) is 8.61. The van der Waals surface area contributed by atoms with Crippen molar-refractivity contribution in [2.75, 3.05) is 0 Å². The van der Waals surface area contributed by atoms with E-state index in [1.165, 1.54) is 19.3 Å². The monoisotopic (exact) mass is 194 g/mol. The largest absolute Gasteiger partial charge is 0.338 e. The van der Waals surface area contributed by atoms with Crippen LogP contribution in [0.4, 0.5) is 0 Å². The van der Waals surface area contributed by atoms with Gasteiger partial charge in [-0.15, -0.1) is 0 Å². The number of hydrazine groups is 1. The predicted octanol–water partition coefficient (Wildman–Crippen LogP) is 0.595. The molecule has 0 amide bonds. The minimum Gasteiger partial charge on any atom is -0.338 e. The van der Waals surface area contributed by atoms with Crippen LogP contribution >= 0.6 is 0 Å². The number of hydrogen-bond acceptors (Lipinski definition) is 3. The van der Waals surface area contributed by atoms with Gasteiger partial charge in [0.25, 0.3) is 0 Å². The van der Waals surface area contributed by atoms with Gasteiger partial charge in [-0.3, -0.25) is 11.3 Å². The molecule has 4 nitrogen and oxygen atoms in total. The van der Waals surface area contributed by atoms with Crippen LogP contribution in [-0.4, -0.2) is 15.6 Å². The van der Waals surface area contributed by atoms with E-state index in [1.54, 1.807) is 0 Å². The van der Waals surface area contributed by atoms with Gasteiger partial charge in [0, 0.05) is 31.9 Å². The van der Waals surface area contributed by atoms with Crippen molar-refractivity contribution >= 4 is 0 Å². The van der Waals surface area contributed by atoms with E-state index >= 15 is 0 Å². The third-order valence-electron chi connectivity index (χ3n) is 2.90.